The number of amides is 2. The van der Waals surface area contributed by atoms with Gasteiger partial charge >= 0.3 is 0 Å². The molecule has 17 heavy (non-hydrogen) atoms. The van der Waals surface area contributed by atoms with Crippen molar-refractivity contribution < 1.29 is 14.4 Å². The van der Waals surface area contributed by atoms with Crippen LogP contribution in [0.1, 0.15) is 27.2 Å². The van der Waals surface area contributed by atoms with Gasteiger partial charge in [-0.25, -0.2) is 0 Å². The zero-order valence-electron chi connectivity index (χ0n) is 10.3. The Balaban J connectivity index is 4.46. The SMILES string of the molecule is CC(C)CC(NC(=O)[C@H](C)NC=O)C(=O)CCl. The second-order valence-corrected chi connectivity index (χ2v) is 4.56. The van der Waals surface area contributed by atoms with E-state index in [2.05, 4.69) is 10.6 Å². The smallest absolute Gasteiger partial charge is 0.242 e. The fourth-order valence-corrected chi connectivity index (χ4v) is 1.50. The average molecular weight is 263 g/mol. The number of nitrogens with one attached hydrogen (secondary N) is 2. The fraction of sp³-hybridized carbons (Fsp3) is 0.727. The second kappa shape index (κ2) is 8.06. The van der Waals surface area contributed by atoms with E-state index in [1.807, 2.05) is 13.8 Å². The van der Waals surface area contributed by atoms with E-state index in [1.165, 1.54) is 0 Å². The van der Waals surface area contributed by atoms with E-state index in [9.17, 15) is 14.4 Å². The summed E-state index contributed by atoms with van der Waals surface area (Å²) in [5.74, 6) is -0.470. The highest BCUT2D eigenvalue weighted by Gasteiger charge is 2.23. The van der Waals surface area contributed by atoms with Gasteiger partial charge < -0.3 is 10.6 Å². The first-order chi connectivity index (χ1) is 7.92. The van der Waals surface area contributed by atoms with E-state index in [0.717, 1.165) is 0 Å². The lowest BCUT2D eigenvalue weighted by Crippen LogP contribution is -2.49. The van der Waals surface area contributed by atoms with E-state index in [1.54, 1.807) is 6.92 Å². The van der Waals surface area contributed by atoms with Crippen LogP contribution in [0.5, 0.6) is 0 Å². The third-order valence-electron chi connectivity index (χ3n) is 2.26. The monoisotopic (exact) mass is 262 g/mol. The Bertz CT molecular complexity index is 282. The number of carbonyl (C=O) groups is 3. The van der Waals surface area contributed by atoms with E-state index in [-0.39, 0.29) is 23.5 Å². The maximum absolute atomic E-state index is 11.6. The van der Waals surface area contributed by atoms with E-state index in [4.69, 9.17) is 11.6 Å². The van der Waals surface area contributed by atoms with Crippen molar-refractivity contribution in [1.29, 1.82) is 0 Å². The molecule has 0 saturated carbocycles. The molecule has 0 aliphatic rings. The molecule has 2 amide bonds. The molecule has 0 saturated heterocycles. The zero-order chi connectivity index (χ0) is 13.4. The quantitative estimate of drug-likeness (QED) is 0.493. The number of hydrogen-bond acceptors (Lipinski definition) is 3. The van der Waals surface area contributed by atoms with Crippen molar-refractivity contribution in [2.45, 2.75) is 39.3 Å². The van der Waals surface area contributed by atoms with Gasteiger partial charge in [-0.15, -0.1) is 11.6 Å². The third kappa shape index (κ3) is 6.26. The summed E-state index contributed by atoms with van der Waals surface area (Å²) in [4.78, 5) is 33.3. The molecule has 0 fully saturated rings. The molecule has 2 atom stereocenters. The van der Waals surface area contributed by atoms with Crippen LogP contribution in [0.25, 0.3) is 0 Å². The van der Waals surface area contributed by atoms with Crippen LogP contribution in [0.2, 0.25) is 0 Å². The molecule has 0 rings (SSSR count). The molecule has 0 heterocycles. The van der Waals surface area contributed by atoms with Gasteiger partial charge in [0.25, 0.3) is 0 Å². The van der Waals surface area contributed by atoms with Crippen molar-refractivity contribution in [2.75, 3.05) is 5.88 Å². The molecule has 5 nitrogen and oxygen atoms in total. The minimum atomic E-state index is -0.662. The number of ketones is 1. The molecule has 1 unspecified atom stereocenters. The minimum Gasteiger partial charge on any atom is -0.347 e. The number of halogens is 1. The molecular weight excluding hydrogens is 244 g/mol. The van der Waals surface area contributed by atoms with E-state index < -0.39 is 12.1 Å². The van der Waals surface area contributed by atoms with Gasteiger partial charge in [0.2, 0.25) is 12.3 Å². The second-order valence-electron chi connectivity index (χ2n) is 4.30. The van der Waals surface area contributed by atoms with Crippen LogP contribution in [0.15, 0.2) is 0 Å². The van der Waals surface area contributed by atoms with Gasteiger partial charge in [-0.2, -0.15) is 0 Å². The van der Waals surface area contributed by atoms with Crippen LogP contribution in [-0.2, 0) is 14.4 Å². The Hall–Kier alpha value is -1.10. The number of hydrogen-bond donors (Lipinski definition) is 2. The highest BCUT2D eigenvalue weighted by molar-refractivity contribution is 6.28. The number of carbonyl (C=O) groups excluding carboxylic acids is 3. The molecule has 0 aromatic heterocycles. The van der Waals surface area contributed by atoms with Crippen molar-refractivity contribution in [3.8, 4) is 0 Å². The summed E-state index contributed by atoms with van der Waals surface area (Å²) in [6.45, 7) is 5.45. The molecule has 0 aromatic rings. The molecule has 2 N–H and O–H groups in total. The van der Waals surface area contributed by atoms with Gasteiger partial charge in [0.05, 0.1) is 11.9 Å². The van der Waals surface area contributed by atoms with Gasteiger partial charge in [-0.05, 0) is 19.3 Å². The molecule has 0 spiro atoms. The van der Waals surface area contributed by atoms with Gasteiger partial charge in [-0.3, -0.25) is 14.4 Å². The topological polar surface area (TPSA) is 75.3 Å². The Morgan fingerprint density at radius 1 is 1.29 bits per heavy atom. The Morgan fingerprint density at radius 2 is 1.88 bits per heavy atom. The maximum Gasteiger partial charge on any atom is 0.242 e. The van der Waals surface area contributed by atoms with Crippen LogP contribution in [0.4, 0.5) is 0 Å². The number of Topliss-reactive ketones (excluding diaryl/α,β-unsaturated/α-hetero) is 1. The summed E-state index contributed by atoms with van der Waals surface area (Å²) >= 11 is 5.48. The normalized spacial score (nSPS) is 13.9. The first-order valence-corrected chi connectivity index (χ1v) is 6.04. The van der Waals surface area contributed by atoms with E-state index >= 15 is 0 Å². The highest BCUT2D eigenvalue weighted by Crippen LogP contribution is 2.07. The van der Waals surface area contributed by atoms with Crippen molar-refractivity contribution >= 4 is 29.7 Å². The maximum atomic E-state index is 11.6. The highest BCUT2D eigenvalue weighted by atomic mass is 35.5. The Morgan fingerprint density at radius 3 is 2.29 bits per heavy atom. The molecule has 6 heteroatoms. The standard InChI is InChI=1S/C11H19ClN2O3/c1-7(2)4-9(10(16)5-12)14-11(17)8(3)13-6-15/h6-9H,4-5H2,1-3H3,(H,13,15)(H,14,17)/t8-,9?/m0/s1. The van der Waals surface area contributed by atoms with Gasteiger partial charge in [0.1, 0.15) is 6.04 Å². The summed E-state index contributed by atoms with van der Waals surface area (Å²) < 4.78 is 0. The largest absolute Gasteiger partial charge is 0.347 e. The van der Waals surface area contributed by atoms with Crippen LogP contribution < -0.4 is 10.6 Å². The van der Waals surface area contributed by atoms with Gasteiger partial charge in [0, 0.05) is 0 Å². The van der Waals surface area contributed by atoms with Crippen molar-refractivity contribution in [2.24, 2.45) is 5.92 Å². The molecule has 0 aromatic carbocycles. The summed E-state index contributed by atoms with van der Waals surface area (Å²) in [5, 5.41) is 4.91. The first-order valence-electron chi connectivity index (χ1n) is 5.51. The van der Waals surface area contributed by atoms with Crippen LogP contribution in [0, 0.1) is 5.92 Å². The summed E-state index contributed by atoms with van der Waals surface area (Å²) in [6.07, 6.45) is 0.982. The molecule has 98 valence electrons. The predicted octanol–water partition coefficient (Wildman–Crippen LogP) is 0.460. The zero-order valence-corrected chi connectivity index (χ0v) is 11.1. The Labute approximate surface area is 106 Å². The van der Waals surface area contributed by atoms with Gasteiger partial charge in [-0.1, -0.05) is 13.8 Å². The predicted molar refractivity (Wildman–Crippen MR) is 65.8 cm³/mol. The van der Waals surface area contributed by atoms with Gasteiger partial charge in [0.15, 0.2) is 5.78 Å². The van der Waals surface area contributed by atoms with Crippen LogP contribution in [-0.4, -0.2) is 36.1 Å². The lowest BCUT2D eigenvalue weighted by Gasteiger charge is -2.20. The van der Waals surface area contributed by atoms with Crippen molar-refractivity contribution in [3.63, 3.8) is 0 Å². The molecule has 0 radical (unpaired) electrons. The van der Waals surface area contributed by atoms with Crippen LogP contribution >= 0.6 is 11.6 Å². The summed E-state index contributed by atoms with van der Waals surface area (Å²) in [5.41, 5.74) is 0. The number of alkyl halides is 1. The average Bonchev–Trinajstić information content (AvgIpc) is 2.26. The summed E-state index contributed by atoms with van der Waals surface area (Å²) in [6, 6.07) is -1.25. The molecule has 0 aliphatic carbocycles. The van der Waals surface area contributed by atoms with Crippen LogP contribution in [0.3, 0.4) is 0 Å². The lowest BCUT2D eigenvalue weighted by molar-refractivity contribution is -0.129. The molecule has 0 bridgehead atoms. The first kappa shape index (κ1) is 15.9. The minimum absolute atomic E-state index is 0.132. The molecule has 0 aliphatic heterocycles. The summed E-state index contributed by atoms with van der Waals surface area (Å²) in [7, 11) is 0. The molecular formula is C11H19ClN2O3. The number of rotatable bonds is 8. The fourth-order valence-electron chi connectivity index (χ4n) is 1.31. The lowest BCUT2D eigenvalue weighted by atomic mass is 10.0. The Kier molecular flexibility index (Phi) is 7.54. The third-order valence-corrected chi connectivity index (χ3v) is 2.52. The van der Waals surface area contributed by atoms with E-state index in [0.29, 0.717) is 12.8 Å². The van der Waals surface area contributed by atoms with Crippen molar-refractivity contribution in [3.05, 3.63) is 0 Å². The van der Waals surface area contributed by atoms with Crippen molar-refractivity contribution in [1.82, 2.24) is 10.6 Å².